The molecule has 0 saturated carbocycles. The van der Waals surface area contributed by atoms with E-state index in [9.17, 15) is 17.2 Å². The van der Waals surface area contributed by atoms with Crippen LogP contribution in [0.4, 0.5) is 8.78 Å². The number of benzene rings is 1. The molecule has 1 fully saturated rings. The van der Waals surface area contributed by atoms with Crippen LogP contribution in [0.5, 0.6) is 0 Å². The minimum Gasteiger partial charge on any atom is -0.301 e. The van der Waals surface area contributed by atoms with Crippen LogP contribution >= 0.6 is 12.4 Å². The topological polar surface area (TPSA) is 40.6 Å². The van der Waals surface area contributed by atoms with Gasteiger partial charge in [-0.2, -0.15) is 4.31 Å². The van der Waals surface area contributed by atoms with Crippen LogP contribution in [-0.2, 0) is 10.0 Å². The van der Waals surface area contributed by atoms with E-state index in [2.05, 4.69) is 11.8 Å². The third-order valence-electron chi connectivity index (χ3n) is 3.67. The van der Waals surface area contributed by atoms with Gasteiger partial charge in [0.15, 0.2) is 0 Å². The molecule has 4 nitrogen and oxygen atoms in total. The molecule has 2 rings (SSSR count). The van der Waals surface area contributed by atoms with E-state index in [4.69, 9.17) is 0 Å². The van der Waals surface area contributed by atoms with Gasteiger partial charge in [0.05, 0.1) is 0 Å². The lowest BCUT2D eigenvalue weighted by Gasteiger charge is -2.33. The molecule has 22 heavy (non-hydrogen) atoms. The Kier molecular flexibility index (Phi) is 7.18. The maximum absolute atomic E-state index is 13.7. The van der Waals surface area contributed by atoms with Crippen LogP contribution < -0.4 is 0 Å². The lowest BCUT2D eigenvalue weighted by molar-refractivity contribution is 0.186. The summed E-state index contributed by atoms with van der Waals surface area (Å²) < 4.78 is 52.9. The summed E-state index contributed by atoms with van der Waals surface area (Å²) in [5.74, 6) is -1.67. The van der Waals surface area contributed by atoms with E-state index in [1.54, 1.807) is 0 Å². The van der Waals surface area contributed by atoms with E-state index >= 15 is 0 Å². The van der Waals surface area contributed by atoms with E-state index in [-0.39, 0.29) is 12.4 Å². The van der Waals surface area contributed by atoms with Crippen molar-refractivity contribution in [3.8, 4) is 0 Å². The summed E-state index contributed by atoms with van der Waals surface area (Å²) in [6, 6.07) is 2.50. The molecule has 1 aromatic carbocycles. The first-order valence-electron chi connectivity index (χ1n) is 7.12. The number of hydrogen-bond acceptors (Lipinski definition) is 3. The Morgan fingerprint density at radius 3 is 2.36 bits per heavy atom. The van der Waals surface area contributed by atoms with Crippen molar-refractivity contribution in [1.29, 1.82) is 0 Å². The predicted molar refractivity (Wildman–Crippen MR) is 83.7 cm³/mol. The molecule has 0 radical (unpaired) electrons. The van der Waals surface area contributed by atoms with Gasteiger partial charge < -0.3 is 4.90 Å². The quantitative estimate of drug-likeness (QED) is 0.815. The van der Waals surface area contributed by atoms with Crippen LogP contribution in [0.2, 0.25) is 0 Å². The molecule has 126 valence electrons. The lowest BCUT2D eigenvalue weighted by Crippen LogP contribution is -2.48. The third kappa shape index (κ3) is 4.38. The van der Waals surface area contributed by atoms with E-state index in [1.807, 2.05) is 0 Å². The van der Waals surface area contributed by atoms with Gasteiger partial charge in [0, 0.05) is 26.2 Å². The normalized spacial score (nSPS) is 17.2. The van der Waals surface area contributed by atoms with Crippen molar-refractivity contribution >= 4 is 22.4 Å². The van der Waals surface area contributed by atoms with Crippen molar-refractivity contribution in [2.45, 2.75) is 24.7 Å². The Labute approximate surface area is 136 Å². The van der Waals surface area contributed by atoms with Gasteiger partial charge in [0.1, 0.15) is 16.5 Å². The maximum atomic E-state index is 13.7. The lowest BCUT2D eigenvalue weighted by atomic mass is 10.3. The Balaban J connectivity index is 0.00000242. The zero-order chi connectivity index (χ0) is 15.5. The van der Waals surface area contributed by atoms with Crippen molar-refractivity contribution in [2.75, 3.05) is 32.7 Å². The number of halogens is 3. The highest BCUT2D eigenvalue weighted by molar-refractivity contribution is 7.89. The first-order valence-corrected chi connectivity index (χ1v) is 8.56. The number of rotatable bonds is 5. The Bertz CT molecular complexity index is 591. The molecule has 0 N–H and O–H groups in total. The molecule has 8 heteroatoms. The van der Waals surface area contributed by atoms with Crippen molar-refractivity contribution in [3.63, 3.8) is 0 Å². The standard InChI is InChI=1S/C14H20F2N2O2S.ClH/c1-2-3-6-17-7-9-18(10-8-17)21(19,20)14-11-12(15)4-5-13(14)16;/h4-5,11H,2-3,6-10H2,1H3;1H. The van der Waals surface area contributed by atoms with Gasteiger partial charge in [-0.15, -0.1) is 12.4 Å². The number of unbranched alkanes of at least 4 members (excludes halogenated alkanes) is 1. The molecular formula is C14H21ClF2N2O2S. The first kappa shape index (κ1) is 19.3. The molecule has 0 spiro atoms. The summed E-state index contributed by atoms with van der Waals surface area (Å²) in [4.78, 5) is 1.61. The molecule has 1 aliphatic rings. The van der Waals surface area contributed by atoms with E-state index < -0.39 is 26.6 Å². The van der Waals surface area contributed by atoms with Crippen LogP contribution in [0.3, 0.4) is 0 Å². The maximum Gasteiger partial charge on any atom is 0.246 e. The van der Waals surface area contributed by atoms with E-state index in [0.29, 0.717) is 26.2 Å². The summed E-state index contributed by atoms with van der Waals surface area (Å²) in [6.07, 6.45) is 2.16. The molecule has 0 amide bonds. The molecule has 1 saturated heterocycles. The van der Waals surface area contributed by atoms with E-state index in [0.717, 1.165) is 37.6 Å². The highest BCUT2D eigenvalue weighted by Gasteiger charge is 2.30. The summed E-state index contributed by atoms with van der Waals surface area (Å²) in [7, 11) is -3.97. The molecule has 1 aromatic rings. The fourth-order valence-corrected chi connectivity index (χ4v) is 3.89. The fraction of sp³-hybridized carbons (Fsp3) is 0.571. The summed E-state index contributed by atoms with van der Waals surface area (Å²) in [5, 5.41) is 0. The second-order valence-corrected chi connectivity index (χ2v) is 7.08. The van der Waals surface area contributed by atoms with Crippen LogP contribution in [0.25, 0.3) is 0 Å². The van der Waals surface area contributed by atoms with Crippen molar-refractivity contribution in [3.05, 3.63) is 29.8 Å². The van der Waals surface area contributed by atoms with Crippen LogP contribution in [0.15, 0.2) is 23.1 Å². The van der Waals surface area contributed by atoms with Crippen molar-refractivity contribution in [1.82, 2.24) is 9.21 Å². The van der Waals surface area contributed by atoms with Gasteiger partial charge in [-0.25, -0.2) is 17.2 Å². The number of sulfonamides is 1. The summed E-state index contributed by atoms with van der Waals surface area (Å²) in [6.45, 7) is 4.91. The van der Waals surface area contributed by atoms with Crippen LogP contribution in [0.1, 0.15) is 19.8 Å². The minimum atomic E-state index is -3.97. The van der Waals surface area contributed by atoms with Gasteiger partial charge in [-0.1, -0.05) is 13.3 Å². The molecule has 0 aromatic heterocycles. The molecule has 0 bridgehead atoms. The average molecular weight is 355 g/mol. The molecule has 0 atom stereocenters. The second kappa shape index (κ2) is 8.19. The smallest absolute Gasteiger partial charge is 0.246 e. The van der Waals surface area contributed by atoms with Gasteiger partial charge >= 0.3 is 0 Å². The van der Waals surface area contributed by atoms with Gasteiger partial charge in [-0.3, -0.25) is 0 Å². The van der Waals surface area contributed by atoms with Gasteiger partial charge in [0.25, 0.3) is 0 Å². The molecule has 1 aliphatic heterocycles. The largest absolute Gasteiger partial charge is 0.301 e. The first-order chi connectivity index (χ1) is 9.95. The highest BCUT2D eigenvalue weighted by Crippen LogP contribution is 2.21. The molecule has 0 unspecified atom stereocenters. The van der Waals surface area contributed by atoms with Crippen molar-refractivity contribution < 1.29 is 17.2 Å². The molecular weight excluding hydrogens is 334 g/mol. The SMILES string of the molecule is CCCCN1CCN(S(=O)(=O)c2cc(F)ccc2F)CC1.Cl. The Hall–Kier alpha value is -0.760. The number of piperazine rings is 1. The fourth-order valence-electron chi connectivity index (χ4n) is 2.39. The van der Waals surface area contributed by atoms with Crippen LogP contribution in [-0.4, -0.2) is 50.3 Å². The zero-order valence-electron chi connectivity index (χ0n) is 12.5. The molecule has 1 heterocycles. The molecule has 0 aliphatic carbocycles. The summed E-state index contributed by atoms with van der Waals surface area (Å²) >= 11 is 0. The number of hydrogen-bond donors (Lipinski definition) is 0. The highest BCUT2D eigenvalue weighted by atomic mass is 35.5. The average Bonchev–Trinajstić information content (AvgIpc) is 2.48. The summed E-state index contributed by atoms with van der Waals surface area (Å²) in [5.41, 5.74) is 0. The van der Waals surface area contributed by atoms with Crippen molar-refractivity contribution in [2.24, 2.45) is 0 Å². The predicted octanol–water partition coefficient (Wildman–Crippen LogP) is 2.49. The third-order valence-corrected chi connectivity index (χ3v) is 5.58. The Morgan fingerprint density at radius 1 is 1.14 bits per heavy atom. The zero-order valence-corrected chi connectivity index (χ0v) is 14.1. The Morgan fingerprint density at radius 2 is 1.77 bits per heavy atom. The van der Waals surface area contributed by atoms with Gasteiger partial charge in [0.2, 0.25) is 10.0 Å². The van der Waals surface area contributed by atoms with E-state index in [1.165, 1.54) is 4.31 Å². The van der Waals surface area contributed by atoms with Gasteiger partial charge in [-0.05, 0) is 31.2 Å². The minimum absolute atomic E-state index is 0. The second-order valence-electron chi connectivity index (χ2n) is 5.17. The number of nitrogens with zero attached hydrogens (tertiary/aromatic N) is 2. The monoisotopic (exact) mass is 354 g/mol. The van der Waals surface area contributed by atoms with Crippen LogP contribution in [0, 0.1) is 11.6 Å².